The SMILES string of the molecule is CN1CCN([C@H]2CC[C@@H](n3cc(-c4ccc(NC(=O)Nc5c(Cl)cc(Cl)cc5Cl)c(F)c4)c4c(N)ncnc43)CC2)CC1. The van der Waals surface area contributed by atoms with Crippen LogP contribution in [0.1, 0.15) is 31.7 Å². The number of hydrogen-bond acceptors (Lipinski definition) is 6. The highest BCUT2D eigenvalue weighted by Gasteiger charge is 2.30. The number of nitrogens with one attached hydrogen (secondary N) is 2. The summed E-state index contributed by atoms with van der Waals surface area (Å²) in [7, 11) is 2.18. The highest BCUT2D eigenvalue weighted by Crippen LogP contribution is 2.40. The zero-order valence-corrected chi connectivity index (χ0v) is 25.9. The lowest BCUT2D eigenvalue weighted by atomic mass is 9.89. The molecule has 1 saturated carbocycles. The topological polar surface area (TPSA) is 104 Å². The molecule has 2 fully saturated rings. The fraction of sp³-hybridized carbons (Fsp3) is 0.367. The van der Waals surface area contributed by atoms with Crippen molar-refractivity contribution >= 4 is 69.1 Å². The van der Waals surface area contributed by atoms with Gasteiger partial charge in [-0.3, -0.25) is 4.90 Å². The number of nitrogen functional groups attached to an aromatic ring is 1. The van der Waals surface area contributed by atoms with Crippen LogP contribution >= 0.6 is 34.8 Å². The average Bonchev–Trinajstić information content (AvgIpc) is 3.38. The molecule has 13 heteroatoms. The number of halogens is 4. The van der Waals surface area contributed by atoms with Crippen molar-refractivity contribution in [2.75, 3.05) is 49.6 Å². The summed E-state index contributed by atoms with van der Waals surface area (Å²) in [4.78, 5) is 26.5. The molecular weight excluding hydrogens is 614 g/mol. The van der Waals surface area contributed by atoms with Crippen molar-refractivity contribution in [3.8, 4) is 11.1 Å². The smallest absolute Gasteiger partial charge is 0.323 e. The van der Waals surface area contributed by atoms with Gasteiger partial charge in [0, 0.05) is 55.0 Å². The lowest BCUT2D eigenvalue weighted by molar-refractivity contribution is 0.0828. The van der Waals surface area contributed by atoms with E-state index < -0.39 is 11.8 Å². The summed E-state index contributed by atoms with van der Waals surface area (Å²) < 4.78 is 17.5. The summed E-state index contributed by atoms with van der Waals surface area (Å²) in [6.07, 6.45) is 7.77. The summed E-state index contributed by atoms with van der Waals surface area (Å²) in [5, 5.41) is 6.39. The molecule has 1 saturated heterocycles. The van der Waals surface area contributed by atoms with Gasteiger partial charge in [0.15, 0.2) is 0 Å². The second kappa shape index (κ2) is 12.5. The van der Waals surface area contributed by atoms with E-state index in [1.54, 1.807) is 6.07 Å². The molecule has 9 nitrogen and oxygen atoms in total. The van der Waals surface area contributed by atoms with Gasteiger partial charge in [-0.25, -0.2) is 19.2 Å². The Morgan fingerprint density at radius 1 is 0.953 bits per heavy atom. The Morgan fingerprint density at radius 2 is 1.63 bits per heavy atom. The van der Waals surface area contributed by atoms with Gasteiger partial charge in [0.25, 0.3) is 0 Å². The van der Waals surface area contributed by atoms with Crippen molar-refractivity contribution in [1.82, 2.24) is 24.3 Å². The number of nitrogens with two attached hydrogens (primary N) is 1. The summed E-state index contributed by atoms with van der Waals surface area (Å²) in [5.41, 5.74) is 8.58. The average molecular weight is 646 g/mol. The van der Waals surface area contributed by atoms with Gasteiger partial charge in [-0.15, -0.1) is 0 Å². The minimum atomic E-state index is -0.709. The number of piperazine rings is 1. The molecule has 2 amide bonds. The minimum absolute atomic E-state index is 0.0161. The predicted molar refractivity (Wildman–Crippen MR) is 172 cm³/mol. The largest absolute Gasteiger partial charge is 0.383 e. The Kier molecular flexibility index (Phi) is 8.66. The van der Waals surface area contributed by atoms with Gasteiger partial charge in [-0.2, -0.15) is 0 Å². The number of carbonyl (C=O) groups excluding carboxylic acids is 1. The number of rotatable bonds is 5. The van der Waals surface area contributed by atoms with Crippen molar-refractivity contribution < 1.29 is 9.18 Å². The first-order valence-corrected chi connectivity index (χ1v) is 15.4. The van der Waals surface area contributed by atoms with Crippen LogP contribution in [0.5, 0.6) is 0 Å². The highest BCUT2D eigenvalue weighted by molar-refractivity contribution is 6.42. The van der Waals surface area contributed by atoms with Crippen LogP contribution in [-0.4, -0.2) is 69.6 Å². The fourth-order valence-corrected chi connectivity index (χ4v) is 7.12. The van der Waals surface area contributed by atoms with E-state index in [1.807, 2.05) is 6.20 Å². The molecule has 1 aliphatic carbocycles. The number of carbonyl (C=O) groups is 1. The lowest BCUT2D eigenvalue weighted by Gasteiger charge is -2.41. The number of benzene rings is 2. The van der Waals surface area contributed by atoms with E-state index in [2.05, 4.69) is 42.0 Å². The van der Waals surface area contributed by atoms with Gasteiger partial charge in [-0.1, -0.05) is 40.9 Å². The van der Waals surface area contributed by atoms with E-state index in [-0.39, 0.29) is 27.5 Å². The van der Waals surface area contributed by atoms with Crippen LogP contribution in [-0.2, 0) is 0 Å². The molecule has 0 unspecified atom stereocenters. The van der Waals surface area contributed by atoms with Gasteiger partial charge >= 0.3 is 6.03 Å². The molecule has 4 aromatic rings. The molecule has 3 heterocycles. The molecule has 226 valence electrons. The van der Waals surface area contributed by atoms with Gasteiger partial charge in [0.05, 0.1) is 26.8 Å². The summed E-state index contributed by atoms with van der Waals surface area (Å²) in [5.74, 6) is -0.284. The van der Waals surface area contributed by atoms with Crippen molar-refractivity contribution in [2.45, 2.75) is 37.8 Å². The third-order valence-corrected chi connectivity index (χ3v) is 9.34. The molecule has 4 N–H and O–H groups in total. The Labute approximate surface area is 264 Å². The number of aromatic nitrogens is 3. The molecule has 1 aliphatic heterocycles. The summed E-state index contributed by atoms with van der Waals surface area (Å²) in [6, 6.07) is 7.65. The van der Waals surface area contributed by atoms with Crippen LogP contribution in [0.25, 0.3) is 22.2 Å². The van der Waals surface area contributed by atoms with E-state index in [0.717, 1.165) is 63.1 Å². The Balaban J connectivity index is 1.21. The normalized spacial score (nSPS) is 19.9. The molecule has 2 aromatic carbocycles. The van der Waals surface area contributed by atoms with Crippen LogP contribution in [0.2, 0.25) is 15.1 Å². The first-order chi connectivity index (χ1) is 20.7. The number of amides is 2. The van der Waals surface area contributed by atoms with E-state index in [1.165, 1.54) is 30.6 Å². The first-order valence-electron chi connectivity index (χ1n) is 14.2. The molecule has 2 aliphatic rings. The summed E-state index contributed by atoms with van der Waals surface area (Å²) in [6.45, 7) is 4.46. The standard InChI is InChI=1S/C30H32Cl3FN8O/c1-40-8-10-41(11-9-40)19-3-5-20(6-4-19)42-15-21(26-28(35)36-16-37-29(26)42)17-2-7-25(24(34)12-17)38-30(43)39-27-22(32)13-18(31)14-23(27)33/h2,7,12-16,19-20H,3-6,8-11H2,1H3,(H2,35,36,37)(H2,38,39,43)/t19-,20+. The van der Waals surface area contributed by atoms with Crippen molar-refractivity contribution in [3.63, 3.8) is 0 Å². The molecule has 43 heavy (non-hydrogen) atoms. The van der Waals surface area contributed by atoms with Crippen molar-refractivity contribution in [1.29, 1.82) is 0 Å². The number of nitrogens with zero attached hydrogens (tertiary/aromatic N) is 5. The Morgan fingerprint density at radius 3 is 2.30 bits per heavy atom. The maximum absolute atomic E-state index is 15.4. The monoisotopic (exact) mass is 644 g/mol. The molecular formula is C30H32Cl3FN8O. The second-order valence-electron chi connectivity index (χ2n) is 11.2. The van der Waals surface area contributed by atoms with Crippen LogP contribution in [0.3, 0.4) is 0 Å². The Hall–Kier alpha value is -3.15. The van der Waals surface area contributed by atoms with Gasteiger partial charge in [0.2, 0.25) is 0 Å². The quantitative estimate of drug-likeness (QED) is 0.213. The molecule has 2 aromatic heterocycles. The molecule has 0 radical (unpaired) electrons. The van der Waals surface area contributed by atoms with Crippen LogP contribution < -0.4 is 16.4 Å². The van der Waals surface area contributed by atoms with E-state index in [0.29, 0.717) is 27.8 Å². The number of likely N-dealkylation sites (N-methyl/N-ethyl adjacent to an activating group) is 1. The number of anilines is 3. The Bertz CT molecular complexity index is 1640. The third-order valence-electron chi connectivity index (χ3n) is 8.53. The molecule has 0 spiro atoms. The van der Waals surface area contributed by atoms with Gasteiger partial charge < -0.3 is 25.8 Å². The number of fused-ring (bicyclic) bond motifs is 1. The highest BCUT2D eigenvalue weighted by atomic mass is 35.5. The number of hydrogen-bond donors (Lipinski definition) is 3. The van der Waals surface area contributed by atoms with E-state index >= 15 is 4.39 Å². The van der Waals surface area contributed by atoms with Gasteiger partial charge in [0.1, 0.15) is 23.6 Å². The molecule has 6 rings (SSSR count). The number of urea groups is 1. The van der Waals surface area contributed by atoms with Crippen molar-refractivity contribution in [3.05, 3.63) is 63.7 Å². The van der Waals surface area contributed by atoms with E-state index in [9.17, 15) is 4.79 Å². The fourth-order valence-electron chi connectivity index (χ4n) is 6.21. The maximum atomic E-state index is 15.4. The predicted octanol–water partition coefficient (Wildman–Crippen LogP) is 7.15. The molecule has 0 atom stereocenters. The van der Waals surface area contributed by atoms with Crippen LogP contribution in [0, 0.1) is 5.82 Å². The molecule has 0 bridgehead atoms. The van der Waals surface area contributed by atoms with Gasteiger partial charge in [-0.05, 0) is 62.6 Å². The zero-order valence-electron chi connectivity index (χ0n) is 23.6. The van der Waals surface area contributed by atoms with Crippen LogP contribution in [0.4, 0.5) is 26.4 Å². The van der Waals surface area contributed by atoms with Crippen molar-refractivity contribution in [2.24, 2.45) is 0 Å². The van der Waals surface area contributed by atoms with Crippen LogP contribution in [0.15, 0.2) is 42.9 Å². The minimum Gasteiger partial charge on any atom is -0.383 e. The maximum Gasteiger partial charge on any atom is 0.323 e. The first kappa shape index (κ1) is 29.9. The zero-order chi connectivity index (χ0) is 30.2. The van der Waals surface area contributed by atoms with E-state index in [4.69, 9.17) is 40.5 Å². The lowest BCUT2D eigenvalue weighted by Crippen LogP contribution is -2.49. The second-order valence-corrected chi connectivity index (χ2v) is 12.5. The third kappa shape index (κ3) is 6.25. The summed E-state index contributed by atoms with van der Waals surface area (Å²) >= 11 is 18.3.